The van der Waals surface area contributed by atoms with Gasteiger partial charge in [-0.25, -0.2) is 0 Å². The molecule has 0 radical (unpaired) electrons. The molecule has 0 atom stereocenters. The van der Waals surface area contributed by atoms with E-state index in [0.717, 1.165) is 17.5 Å². The molecule has 1 nitrogen and oxygen atoms in total. The van der Waals surface area contributed by atoms with Crippen LogP contribution in [0.15, 0.2) is 30.3 Å². The highest BCUT2D eigenvalue weighted by Gasteiger charge is 2.34. The molecular weight excluding hydrogens is 263 g/mol. The van der Waals surface area contributed by atoms with Crippen LogP contribution in [0.5, 0.6) is 0 Å². The van der Waals surface area contributed by atoms with Gasteiger partial charge in [0.15, 0.2) is 0 Å². The Kier molecular flexibility index (Phi) is 3.15. The molecule has 0 bridgehead atoms. The third-order valence-corrected chi connectivity index (χ3v) is 3.01. The van der Waals surface area contributed by atoms with E-state index in [9.17, 15) is 13.2 Å². The summed E-state index contributed by atoms with van der Waals surface area (Å²) < 4.78 is 40.6. The van der Waals surface area contributed by atoms with Gasteiger partial charge in [-0.15, -0.1) is 0 Å². The highest BCUT2D eigenvalue weighted by Crippen LogP contribution is 2.36. The summed E-state index contributed by atoms with van der Waals surface area (Å²) in [5.74, 6) is 0. The molecule has 2 aromatic rings. The number of nitrogens with zero attached hydrogens (tertiary/aromatic N) is 1. The molecule has 1 aromatic carbocycles. The van der Waals surface area contributed by atoms with Crippen molar-refractivity contribution in [2.75, 3.05) is 0 Å². The molecule has 18 heavy (non-hydrogen) atoms. The van der Waals surface area contributed by atoms with Crippen LogP contribution in [0.1, 0.15) is 17.0 Å². The third kappa shape index (κ3) is 2.25. The highest BCUT2D eigenvalue weighted by molar-refractivity contribution is 6.30. The topological polar surface area (TPSA) is 4.93 Å². The molecule has 0 saturated carbocycles. The third-order valence-electron chi connectivity index (χ3n) is 2.78. The Morgan fingerprint density at radius 2 is 1.56 bits per heavy atom. The van der Waals surface area contributed by atoms with E-state index < -0.39 is 11.7 Å². The molecule has 0 aliphatic heterocycles. The van der Waals surface area contributed by atoms with Crippen molar-refractivity contribution >= 4 is 11.6 Å². The number of rotatable bonds is 1. The van der Waals surface area contributed by atoms with Crippen LogP contribution in [0.4, 0.5) is 13.2 Å². The molecule has 0 aliphatic rings. The zero-order chi connectivity index (χ0) is 13.5. The number of halogens is 4. The second-order valence-corrected chi connectivity index (χ2v) is 4.55. The fraction of sp³-hybridized carbons (Fsp3) is 0.231. The Morgan fingerprint density at radius 1 is 1.00 bits per heavy atom. The lowest BCUT2D eigenvalue weighted by Crippen LogP contribution is -2.12. The fourth-order valence-electron chi connectivity index (χ4n) is 1.98. The quantitative estimate of drug-likeness (QED) is 0.705. The first-order chi connectivity index (χ1) is 8.30. The van der Waals surface area contributed by atoms with Gasteiger partial charge >= 0.3 is 6.18 Å². The van der Waals surface area contributed by atoms with E-state index in [1.54, 1.807) is 30.5 Å². The summed E-state index contributed by atoms with van der Waals surface area (Å²) in [5, 5.41) is 0.0773. The van der Waals surface area contributed by atoms with E-state index in [2.05, 4.69) is 0 Å². The lowest BCUT2D eigenvalue weighted by molar-refractivity contribution is -0.137. The zero-order valence-corrected chi connectivity index (χ0v) is 10.6. The van der Waals surface area contributed by atoms with Crippen LogP contribution >= 0.6 is 11.6 Å². The van der Waals surface area contributed by atoms with E-state index in [4.69, 9.17) is 11.6 Å². The molecule has 0 spiro atoms. The average Bonchev–Trinajstić information content (AvgIpc) is 2.58. The first kappa shape index (κ1) is 13.0. The molecule has 0 amide bonds. The number of benzene rings is 1. The van der Waals surface area contributed by atoms with E-state index in [-0.39, 0.29) is 10.7 Å². The van der Waals surface area contributed by atoms with E-state index >= 15 is 0 Å². The average molecular weight is 274 g/mol. The molecule has 96 valence electrons. The Hall–Kier alpha value is -1.42. The number of hydrogen-bond acceptors (Lipinski definition) is 0. The van der Waals surface area contributed by atoms with Crippen molar-refractivity contribution in [3.8, 4) is 5.69 Å². The van der Waals surface area contributed by atoms with Gasteiger partial charge in [0.05, 0.1) is 11.3 Å². The maximum absolute atomic E-state index is 13.0. The zero-order valence-electron chi connectivity index (χ0n) is 9.85. The first-order valence-corrected chi connectivity index (χ1v) is 5.70. The Labute approximate surface area is 108 Å². The van der Waals surface area contributed by atoms with Gasteiger partial charge in [0.1, 0.15) is 0 Å². The molecule has 0 unspecified atom stereocenters. The van der Waals surface area contributed by atoms with Crippen molar-refractivity contribution in [2.24, 2.45) is 0 Å². The van der Waals surface area contributed by atoms with Gasteiger partial charge in [-0.05, 0) is 44.2 Å². The predicted molar refractivity (Wildman–Crippen MR) is 65.3 cm³/mol. The number of hydrogen-bond donors (Lipinski definition) is 0. The highest BCUT2D eigenvalue weighted by atomic mass is 35.5. The summed E-state index contributed by atoms with van der Waals surface area (Å²) in [5.41, 5.74) is 0.880. The van der Waals surface area contributed by atoms with Crippen molar-refractivity contribution < 1.29 is 13.2 Å². The van der Waals surface area contributed by atoms with Crippen LogP contribution < -0.4 is 0 Å². The van der Waals surface area contributed by atoms with Crippen LogP contribution in [-0.4, -0.2) is 4.57 Å². The molecule has 5 heteroatoms. The van der Waals surface area contributed by atoms with Gasteiger partial charge in [0.25, 0.3) is 0 Å². The molecule has 0 fully saturated rings. The van der Waals surface area contributed by atoms with E-state index in [1.165, 1.54) is 12.1 Å². The number of aryl methyl sites for hydroxylation is 2. The standard InChI is InChI=1S/C13H11ClF3N/c1-8-3-4-9(2)18(8)12-6-5-10(14)7-11(12)13(15,16)17/h3-7H,1-2H3. The van der Waals surface area contributed by atoms with Gasteiger partial charge in [-0.2, -0.15) is 13.2 Å². The minimum Gasteiger partial charge on any atom is -0.318 e. The van der Waals surface area contributed by atoms with Crippen LogP contribution in [0, 0.1) is 13.8 Å². The van der Waals surface area contributed by atoms with E-state index in [1.807, 2.05) is 0 Å². The van der Waals surface area contributed by atoms with Crippen molar-refractivity contribution in [1.82, 2.24) is 4.57 Å². The maximum Gasteiger partial charge on any atom is 0.418 e. The molecule has 2 rings (SSSR count). The van der Waals surface area contributed by atoms with Gasteiger partial charge in [0, 0.05) is 16.4 Å². The lowest BCUT2D eigenvalue weighted by Gasteiger charge is -2.17. The van der Waals surface area contributed by atoms with Gasteiger partial charge < -0.3 is 4.57 Å². The summed E-state index contributed by atoms with van der Waals surface area (Å²) in [6.07, 6.45) is -4.43. The summed E-state index contributed by atoms with van der Waals surface area (Å²) in [4.78, 5) is 0. The Balaban J connectivity index is 2.73. The summed E-state index contributed by atoms with van der Waals surface area (Å²) >= 11 is 5.65. The smallest absolute Gasteiger partial charge is 0.318 e. The minimum absolute atomic E-state index is 0.0773. The first-order valence-electron chi connectivity index (χ1n) is 5.33. The molecular formula is C13H11ClF3N. The number of aromatic nitrogens is 1. The summed E-state index contributed by atoms with van der Waals surface area (Å²) in [6.45, 7) is 3.53. The van der Waals surface area contributed by atoms with Crippen LogP contribution in [0.3, 0.4) is 0 Å². The molecule has 0 saturated heterocycles. The number of alkyl halides is 3. The molecule has 1 heterocycles. The second-order valence-electron chi connectivity index (χ2n) is 4.11. The minimum atomic E-state index is -4.43. The van der Waals surface area contributed by atoms with Crippen molar-refractivity contribution in [2.45, 2.75) is 20.0 Å². The van der Waals surface area contributed by atoms with Crippen molar-refractivity contribution in [3.63, 3.8) is 0 Å². The van der Waals surface area contributed by atoms with Gasteiger partial charge in [-0.3, -0.25) is 0 Å². The molecule has 0 N–H and O–H groups in total. The second kappa shape index (κ2) is 4.35. The fourth-order valence-corrected chi connectivity index (χ4v) is 2.15. The molecule has 0 aliphatic carbocycles. The van der Waals surface area contributed by atoms with E-state index in [0.29, 0.717) is 0 Å². The largest absolute Gasteiger partial charge is 0.418 e. The summed E-state index contributed by atoms with van der Waals surface area (Å²) in [7, 11) is 0. The van der Waals surface area contributed by atoms with Crippen LogP contribution in [0.25, 0.3) is 5.69 Å². The lowest BCUT2D eigenvalue weighted by atomic mass is 10.1. The van der Waals surface area contributed by atoms with Gasteiger partial charge in [-0.1, -0.05) is 11.6 Å². The molecule has 1 aromatic heterocycles. The Morgan fingerprint density at radius 3 is 2.06 bits per heavy atom. The van der Waals surface area contributed by atoms with Crippen LogP contribution in [-0.2, 0) is 6.18 Å². The maximum atomic E-state index is 13.0. The van der Waals surface area contributed by atoms with Crippen LogP contribution in [0.2, 0.25) is 5.02 Å². The monoisotopic (exact) mass is 273 g/mol. The predicted octanol–water partition coefficient (Wildman–Crippen LogP) is 4.77. The SMILES string of the molecule is Cc1ccc(C)n1-c1ccc(Cl)cc1C(F)(F)F. The Bertz CT molecular complexity index is 565. The van der Waals surface area contributed by atoms with Gasteiger partial charge in [0.2, 0.25) is 0 Å². The normalized spacial score (nSPS) is 11.9. The van der Waals surface area contributed by atoms with Crippen molar-refractivity contribution in [3.05, 3.63) is 52.3 Å². The summed E-state index contributed by atoms with van der Waals surface area (Å²) in [6, 6.07) is 7.38. The van der Waals surface area contributed by atoms with Crippen molar-refractivity contribution in [1.29, 1.82) is 0 Å².